The molecule has 3 heterocycles. The first-order valence-electron chi connectivity index (χ1n) is 18.0. The molecule has 6 heteroatoms. The van der Waals surface area contributed by atoms with Crippen molar-refractivity contribution in [2.24, 2.45) is 18.9 Å². The van der Waals surface area contributed by atoms with Crippen molar-refractivity contribution in [2.75, 3.05) is 4.90 Å². The number of nitrogens with zero attached hydrogens (tertiary/aromatic N) is 6. The summed E-state index contributed by atoms with van der Waals surface area (Å²) in [5.74, 6) is 2.01. The number of rotatable bonds is 10. The Labute approximate surface area is 300 Å². The number of anilines is 3. The topological polar surface area (TPSA) is 43.8 Å². The van der Waals surface area contributed by atoms with Crippen molar-refractivity contribution in [1.29, 1.82) is 0 Å². The van der Waals surface area contributed by atoms with Crippen LogP contribution in [0.3, 0.4) is 0 Å². The molecule has 0 atom stereocenters. The number of imidazole rings is 2. The third-order valence-corrected chi connectivity index (χ3v) is 9.63. The highest BCUT2D eigenvalue weighted by Gasteiger charge is 2.20. The Hall–Kier alpha value is -5.88. The fourth-order valence-electron chi connectivity index (χ4n) is 7.49. The molecule has 6 nitrogen and oxygen atoms in total. The number of fused-ring (bicyclic) bond motifs is 3. The van der Waals surface area contributed by atoms with E-state index >= 15 is 0 Å². The van der Waals surface area contributed by atoms with Gasteiger partial charge < -0.3 is 14.0 Å². The van der Waals surface area contributed by atoms with Crippen molar-refractivity contribution < 1.29 is 0 Å². The fourth-order valence-corrected chi connectivity index (χ4v) is 7.49. The van der Waals surface area contributed by atoms with Crippen LogP contribution in [0.15, 0.2) is 140 Å². The zero-order valence-electron chi connectivity index (χ0n) is 30.0. The van der Waals surface area contributed by atoms with E-state index in [-0.39, 0.29) is 0 Å². The van der Waals surface area contributed by atoms with Crippen molar-refractivity contribution in [3.63, 3.8) is 0 Å². The smallest absolute Gasteiger partial charge is 0.214 e. The standard InChI is InChI=1S/C45H44N6/c1-31(2)25-34-14-11-15-35(26-32(3)4)44(34)49-29-41(47-30-49)33-13-12-18-37(27-33)50(36-16-7-6-8-17-36)38-21-22-40-39-19-9-10-20-42(39)51(43(40)28-38)45-46-23-24-48(45)5/h6-24,27-32H,25-26H2,1-5H3. The molecule has 0 unspecified atom stereocenters. The molecular formula is C45H44N6. The normalized spacial score (nSPS) is 11.7. The van der Waals surface area contributed by atoms with Crippen LogP contribution in [0, 0.1) is 11.8 Å². The van der Waals surface area contributed by atoms with E-state index in [1.165, 1.54) is 27.6 Å². The van der Waals surface area contributed by atoms with Gasteiger partial charge in [0.15, 0.2) is 0 Å². The fraction of sp³-hybridized carbons (Fsp3) is 0.200. The first-order valence-corrected chi connectivity index (χ1v) is 18.0. The average Bonchev–Trinajstić information content (AvgIpc) is 3.86. The lowest BCUT2D eigenvalue weighted by molar-refractivity contribution is 0.631. The van der Waals surface area contributed by atoms with E-state index in [1.54, 1.807) is 0 Å². The lowest BCUT2D eigenvalue weighted by Gasteiger charge is -2.26. The summed E-state index contributed by atoms with van der Waals surface area (Å²) >= 11 is 0. The molecule has 8 rings (SSSR count). The highest BCUT2D eigenvalue weighted by Crippen LogP contribution is 2.40. The van der Waals surface area contributed by atoms with E-state index in [0.29, 0.717) is 11.8 Å². The molecule has 51 heavy (non-hydrogen) atoms. The highest BCUT2D eigenvalue weighted by molar-refractivity contribution is 6.10. The molecule has 254 valence electrons. The predicted molar refractivity (Wildman–Crippen MR) is 212 cm³/mol. The molecule has 0 saturated heterocycles. The van der Waals surface area contributed by atoms with Crippen LogP contribution in [0.1, 0.15) is 38.8 Å². The minimum Gasteiger partial charge on any atom is -0.320 e. The van der Waals surface area contributed by atoms with E-state index in [4.69, 9.17) is 9.97 Å². The average molecular weight is 669 g/mol. The van der Waals surface area contributed by atoms with Gasteiger partial charge >= 0.3 is 0 Å². The van der Waals surface area contributed by atoms with Gasteiger partial charge in [0, 0.05) is 59.0 Å². The van der Waals surface area contributed by atoms with Gasteiger partial charge in [0.2, 0.25) is 5.95 Å². The van der Waals surface area contributed by atoms with Crippen LogP contribution in [-0.4, -0.2) is 23.7 Å². The molecule has 0 bridgehead atoms. The minimum atomic E-state index is 0.561. The molecule has 0 fully saturated rings. The van der Waals surface area contributed by atoms with Crippen LogP contribution >= 0.6 is 0 Å². The number of hydrogen-bond acceptors (Lipinski definition) is 3. The van der Waals surface area contributed by atoms with Crippen molar-refractivity contribution in [1.82, 2.24) is 23.7 Å². The maximum atomic E-state index is 4.99. The van der Waals surface area contributed by atoms with Gasteiger partial charge in [0.1, 0.15) is 0 Å². The van der Waals surface area contributed by atoms with Crippen LogP contribution in [0.25, 0.3) is 44.7 Å². The summed E-state index contributed by atoms with van der Waals surface area (Å²) in [5.41, 5.74) is 11.5. The van der Waals surface area contributed by atoms with E-state index in [2.05, 4.69) is 168 Å². The van der Waals surface area contributed by atoms with Crippen molar-refractivity contribution in [2.45, 2.75) is 40.5 Å². The maximum absolute atomic E-state index is 4.99. The molecule has 3 aromatic heterocycles. The number of para-hydroxylation sites is 3. The Morgan fingerprint density at radius 1 is 0.627 bits per heavy atom. The van der Waals surface area contributed by atoms with Crippen molar-refractivity contribution in [3.05, 3.63) is 151 Å². The molecule has 0 saturated carbocycles. The SMILES string of the molecule is CC(C)Cc1cccc(CC(C)C)c1-n1cnc(-c2cccc(N(c3ccccc3)c3ccc4c5ccccc5n(-c5nccn5C)c4c3)c2)c1. The van der Waals surface area contributed by atoms with E-state index in [9.17, 15) is 0 Å². The highest BCUT2D eigenvalue weighted by atomic mass is 15.2. The lowest BCUT2D eigenvalue weighted by atomic mass is 9.94. The molecule has 0 amide bonds. The first-order chi connectivity index (χ1) is 24.9. The van der Waals surface area contributed by atoms with Gasteiger partial charge in [-0.2, -0.15) is 0 Å². The maximum Gasteiger partial charge on any atom is 0.214 e. The van der Waals surface area contributed by atoms with Gasteiger partial charge in [-0.1, -0.05) is 100 Å². The predicted octanol–water partition coefficient (Wildman–Crippen LogP) is 11.2. The Morgan fingerprint density at radius 2 is 1.29 bits per heavy atom. The molecule has 0 spiro atoms. The second-order valence-electron chi connectivity index (χ2n) is 14.4. The van der Waals surface area contributed by atoms with Gasteiger partial charge in [-0.05, 0) is 78.3 Å². The summed E-state index contributed by atoms with van der Waals surface area (Å²) in [5, 5.41) is 2.40. The van der Waals surface area contributed by atoms with Crippen LogP contribution in [0.5, 0.6) is 0 Å². The van der Waals surface area contributed by atoms with Gasteiger partial charge in [-0.15, -0.1) is 0 Å². The molecule has 0 aliphatic rings. The largest absolute Gasteiger partial charge is 0.320 e. The summed E-state index contributed by atoms with van der Waals surface area (Å²) in [6.07, 6.45) is 10.1. The summed E-state index contributed by atoms with van der Waals surface area (Å²) in [7, 11) is 2.05. The summed E-state index contributed by atoms with van der Waals surface area (Å²) < 4.78 is 6.59. The van der Waals surface area contributed by atoms with Crippen molar-refractivity contribution >= 4 is 38.9 Å². The molecule has 5 aromatic carbocycles. The first kappa shape index (κ1) is 32.3. The van der Waals surface area contributed by atoms with Crippen LogP contribution in [0.4, 0.5) is 17.1 Å². The number of benzene rings is 5. The summed E-state index contributed by atoms with van der Waals surface area (Å²) in [4.78, 5) is 12.1. The quantitative estimate of drug-likeness (QED) is 0.146. The van der Waals surface area contributed by atoms with Crippen molar-refractivity contribution in [3.8, 4) is 22.9 Å². The number of aromatic nitrogens is 5. The molecule has 0 aliphatic heterocycles. The van der Waals surface area contributed by atoms with Gasteiger partial charge in [0.25, 0.3) is 0 Å². The number of hydrogen-bond donors (Lipinski definition) is 0. The monoisotopic (exact) mass is 668 g/mol. The summed E-state index contributed by atoms with van der Waals surface area (Å²) in [6.45, 7) is 9.16. The second-order valence-corrected chi connectivity index (χ2v) is 14.4. The molecular weight excluding hydrogens is 625 g/mol. The van der Waals surface area contributed by atoms with Gasteiger partial charge in [-0.3, -0.25) is 4.57 Å². The van der Waals surface area contributed by atoms with Gasteiger partial charge in [-0.25, -0.2) is 9.97 Å². The lowest BCUT2D eigenvalue weighted by Crippen LogP contribution is -2.10. The minimum absolute atomic E-state index is 0.561. The Balaban J connectivity index is 1.25. The van der Waals surface area contributed by atoms with E-state index < -0.39 is 0 Å². The van der Waals surface area contributed by atoms with Crippen LogP contribution in [0.2, 0.25) is 0 Å². The Morgan fingerprint density at radius 3 is 2.02 bits per heavy atom. The third kappa shape index (κ3) is 6.12. The second kappa shape index (κ2) is 13.4. The molecule has 0 aliphatic carbocycles. The molecule has 0 N–H and O–H groups in total. The summed E-state index contributed by atoms with van der Waals surface area (Å²) in [6, 6.07) is 41.5. The zero-order chi connectivity index (χ0) is 35.1. The van der Waals surface area contributed by atoms with E-state index in [0.717, 1.165) is 58.1 Å². The number of aryl methyl sites for hydroxylation is 1. The molecule has 0 radical (unpaired) electrons. The van der Waals surface area contributed by atoms with Crippen LogP contribution < -0.4 is 4.90 Å². The van der Waals surface area contributed by atoms with Crippen LogP contribution in [-0.2, 0) is 19.9 Å². The molecule has 8 aromatic rings. The third-order valence-electron chi connectivity index (χ3n) is 9.63. The van der Waals surface area contributed by atoms with E-state index in [1.807, 2.05) is 25.8 Å². The Kier molecular flexibility index (Phi) is 8.52. The zero-order valence-corrected chi connectivity index (χ0v) is 30.0. The van der Waals surface area contributed by atoms with Gasteiger partial charge in [0.05, 0.1) is 28.7 Å². The Bertz CT molecular complexity index is 2430.